The summed E-state index contributed by atoms with van der Waals surface area (Å²) in [5.41, 5.74) is -6.75. The van der Waals surface area contributed by atoms with E-state index in [9.17, 15) is 31.1 Å². The van der Waals surface area contributed by atoms with Crippen LogP contribution < -0.4 is 0 Å². The molecule has 3 rings (SSSR count). The standard InChI is InChI=1S/C17H10F6N4O3/c1-27-13(5-12(25-27)16(18,19)20)15(17(21,22)23)6-11(26-30-15)8-2-3-10(14(28)29)9(4-8)7-24/h2-5H,6H2,1H3,(H,28,29). The second kappa shape index (κ2) is 6.75. The number of rotatable bonds is 3. The minimum absolute atomic E-state index is 0.0408. The van der Waals surface area contributed by atoms with Crippen LogP contribution in [0.2, 0.25) is 0 Å². The van der Waals surface area contributed by atoms with Gasteiger partial charge in [0.1, 0.15) is 6.07 Å². The molecule has 0 spiro atoms. The molecule has 30 heavy (non-hydrogen) atoms. The third kappa shape index (κ3) is 3.34. The number of carbonyl (C=O) groups is 1. The fraction of sp³-hybridized carbons (Fsp3) is 0.294. The first kappa shape index (κ1) is 21.2. The van der Waals surface area contributed by atoms with E-state index >= 15 is 0 Å². The SMILES string of the molecule is Cn1nc(C(F)(F)F)cc1C1(C(F)(F)F)CC(c2ccc(C(=O)O)c(C#N)c2)=NO1. The number of nitrogens with zero attached hydrogens (tertiary/aromatic N) is 4. The summed E-state index contributed by atoms with van der Waals surface area (Å²) in [4.78, 5) is 15.7. The largest absolute Gasteiger partial charge is 0.478 e. The molecule has 2 heterocycles. The zero-order valence-electron chi connectivity index (χ0n) is 14.8. The number of halogens is 6. The van der Waals surface area contributed by atoms with E-state index in [1.54, 1.807) is 6.07 Å². The Morgan fingerprint density at radius 1 is 1.27 bits per heavy atom. The fourth-order valence-electron chi connectivity index (χ4n) is 3.01. The normalized spacial score (nSPS) is 19.2. The van der Waals surface area contributed by atoms with Crippen molar-refractivity contribution in [1.82, 2.24) is 9.78 Å². The highest BCUT2D eigenvalue weighted by Crippen LogP contribution is 2.49. The van der Waals surface area contributed by atoms with Crippen molar-refractivity contribution in [2.45, 2.75) is 24.4 Å². The van der Waals surface area contributed by atoms with Crippen molar-refractivity contribution in [2.75, 3.05) is 0 Å². The van der Waals surface area contributed by atoms with Crippen molar-refractivity contribution in [3.8, 4) is 6.07 Å². The van der Waals surface area contributed by atoms with E-state index in [0.717, 1.165) is 25.2 Å². The molecule has 1 N–H and O–H groups in total. The second-order valence-corrected chi connectivity index (χ2v) is 6.34. The van der Waals surface area contributed by atoms with E-state index < -0.39 is 41.7 Å². The number of aromatic carboxylic acids is 1. The van der Waals surface area contributed by atoms with Gasteiger partial charge in [-0.25, -0.2) is 4.79 Å². The molecule has 0 saturated heterocycles. The fourth-order valence-corrected chi connectivity index (χ4v) is 3.01. The number of carboxylic acids is 1. The first-order valence-electron chi connectivity index (χ1n) is 8.01. The molecule has 1 aliphatic rings. The molecule has 2 aromatic rings. The molecule has 0 bridgehead atoms. The van der Waals surface area contributed by atoms with Gasteiger partial charge in [0, 0.05) is 12.6 Å². The maximum absolute atomic E-state index is 13.9. The number of oxime groups is 1. The Morgan fingerprint density at radius 2 is 1.93 bits per heavy atom. The predicted octanol–water partition coefficient (Wildman–Crippen LogP) is 3.59. The first-order chi connectivity index (χ1) is 13.8. The van der Waals surface area contributed by atoms with Crippen LogP contribution >= 0.6 is 0 Å². The molecule has 7 nitrogen and oxygen atoms in total. The van der Waals surface area contributed by atoms with Crippen LogP contribution in [0.1, 0.15) is 39.3 Å². The monoisotopic (exact) mass is 432 g/mol. The number of aromatic nitrogens is 2. The lowest BCUT2D eigenvalue weighted by Gasteiger charge is -2.28. The molecule has 0 saturated carbocycles. The van der Waals surface area contributed by atoms with Gasteiger partial charge in [-0.05, 0) is 18.2 Å². The van der Waals surface area contributed by atoms with Crippen LogP contribution in [-0.4, -0.2) is 32.7 Å². The summed E-state index contributed by atoms with van der Waals surface area (Å²) >= 11 is 0. The molecular weight excluding hydrogens is 422 g/mol. The van der Waals surface area contributed by atoms with Gasteiger partial charge in [0.2, 0.25) is 0 Å². The van der Waals surface area contributed by atoms with E-state index in [-0.39, 0.29) is 28.5 Å². The van der Waals surface area contributed by atoms with E-state index in [0.29, 0.717) is 4.68 Å². The third-order valence-electron chi connectivity index (χ3n) is 4.47. The van der Waals surface area contributed by atoms with E-state index in [2.05, 4.69) is 15.1 Å². The Morgan fingerprint density at radius 3 is 2.43 bits per heavy atom. The van der Waals surface area contributed by atoms with E-state index in [4.69, 9.17) is 10.4 Å². The van der Waals surface area contributed by atoms with Crippen LogP contribution in [0, 0.1) is 11.3 Å². The van der Waals surface area contributed by atoms with Crippen LogP contribution in [0.5, 0.6) is 0 Å². The quantitative estimate of drug-likeness (QED) is 0.748. The van der Waals surface area contributed by atoms with Gasteiger partial charge in [-0.15, -0.1) is 0 Å². The van der Waals surface area contributed by atoms with Crippen molar-refractivity contribution in [3.05, 3.63) is 52.3 Å². The van der Waals surface area contributed by atoms with Crippen LogP contribution in [0.25, 0.3) is 0 Å². The summed E-state index contributed by atoms with van der Waals surface area (Å²) in [5, 5.41) is 24.6. The average molecular weight is 432 g/mol. The molecule has 1 atom stereocenters. The molecule has 1 unspecified atom stereocenters. The smallest absolute Gasteiger partial charge is 0.437 e. The first-order valence-corrected chi connectivity index (χ1v) is 8.01. The summed E-state index contributed by atoms with van der Waals surface area (Å²) < 4.78 is 81.0. The molecular formula is C17H10F6N4O3. The van der Waals surface area contributed by atoms with Gasteiger partial charge in [-0.1, -0.05) is 11.2 Å². The van der Waals surface area contributed by atoms with Gasteiger partial charge >= 0.3 is 18.3 Å². The summed E-state index contributed by atoms with van der Waals surface area (Å²) in [7, 11) is 0.912. The number of hydrogen-bond donors (Lipinski definition) is 1. The van der Waals surface area contributed by atoms with Gasteiger partial charge in [0.25, 0.3) is 5.60 Å². The zero-order valence-corrected chi connectivity index (χ0v) is 14.8. The molecule has 1 aliphatic heterocycles. The summed E-state index contributed by atoms with van der Waals surface area (Å²) in [6.07, 6.45) is -11.2. The number of nitriles is 1. The number of carboxylic acid groups (broad SMARTS) is 1. The molecule has 0 fully saturated rings. The van der Waals surface area contributed by atoms with E-state index in [1.807, 2.05) is 0 Å². The molecule has 0 amide bonds. The molecule has 0 radical (unpaired) electrons. The van der Waals surface area contributed by atoms with Crippen LogP contribution in [0.15, 0.2) is 29.4 Å². The molecule has 1 aromatic heterocycles. The Hall–Kier alpha value is -3.56. The number of alkyl halides is 6. The molecule has 0 aliphatic carbocycles. The second-order valence-electron chi connectivity index (χ2n) is 6.34. The Labute approximate surface area is 163 Å². The zero-order chi connectivity index (χ0) is 22.5. The Bertz CT molecular complexity index is 1100. The Balaban J connectivity index is 2.06. The van der Waals surface area contributed by atoms with Crippen LogP contribution in [-0.2, 0) is 23.7 Å². The van der Waals surface area contributed by atoms with Gasteiger partial charge in [0.15, 0.2) is 5.69 Å². The third-order valence-corrected chi connectivity index (χ3v) is 4.47. The predicted molar refractivity (Wildman–Crippen MR) is 86.3 cm³/mol. The van der Waals surface area contributed by atoms with Crippen LogP contribution in [0.4, 0.5) is 26.3 Å². The highest BCUT2D eigenvalue weighted by molar-refractivity contribution is 6.03. The number of hydrogen-bond acceptors (Lipinski definition) is 5. The van der Waals surface area contributed by atoms with Crippen LogP contribution in [0.3, 0.4) is 0 Å². The van der Waals surface area contributed by atoms with Crippen molar-refractivity contribution in [3.63, 3.8) is 0 Å². The molecule has 158 valence electrons. The maximum Gasteiger partial charge on any atom is 0.437 e. The van der Waals surface area contributed by atoms with E-state index in [1.165, 1.54) is 0 Å². The number of benzene rings is 1. The summed E-state index contributed by atoms with van der Waals surface area (Å²) in [6.45, 7) is 0. The van der Waals surface area contributed by atoms with Gasteiger partial charge in [0.05, 0.1) is 29.0 Å². The van der Waals surface area contributed by atoms with Crippen molar-refractivity contribution < 1.29 is 41.1 Å². The van der Waals surface area contributed by atoms with Gasteiger partial charge in [-0.2, -0.15) is 36.7 Å². The topological polar surface area (TPSA) is 100 Å². The average Bonchev–Trinajstić information content (AvgIpc) is 3.25. The minimum Gasteiger partial charge on any atom is -0.478 e. The van der Waals surface area contributed by atoms with Crippen molar-refractivity contribution >= 4 is 11.7 Å². The number of aryl methyl sites for hydroxylation is 1. The highest BCUT2D eigenvalue weighted by atomic mass is 19.4. The van der Waals surface area contributed by atoms with Crippen molar-refractivity contribution in [1.29, 1.82) is 5.26 Å². The minimum atomic E-state index is -5.17. The lowest BCUT2D eigenvalue weighted by molar-refractivity contribution is -0.278. The Kier molecular flexibility index (Phi) is 4.76. The molecule has 13 heteroatoms. The van der Waals surface area contributed by atoms with Gasteiger partial charge in [-0.3, -0.25) is 4.68 Å². The van der Waals surface area contributed by atoms with Gasteiger partial charge < -0.3 is 9.94 Å². The van der Waals surface area contributed by atoms with Crippen molar-refractivity contribution in [2.24, 2.45) is 12.2 Å². The summed E-state index contributed by atoms with van der Waals surface area (Å²) in [6, 6.07) is 5.01. The maximum atomic E-state index is 13.9. The summed E-state index contributed by atoms with van der Waals surface area (Å²) in [5.74, 6) is -1.41. The molecule has 1 aromatic carbocycles. The highest BCUT2D eigenvalue weighted by Gasteiger charge is 2.64. The lowest BCUT2D eigenvalue weighted by Crippen LogP contribution is -2.44. The lowest BCUT2D eigenvalue weighted by atomic mass is 9.89.